The minimum Gasteiger partial charge on any atom is -0.336 e. The van der Waals surface area contributed by atoms with Crippen LogP contribution in [0.5, 0.6) is 0 Å². The standard InChI is InChI=1S/C18H28N2O3S/c1-3-5-12-19-24(22,23)17-11-8-9-15(14-17)18(21)20-13-7-6-10-16(20)4-2/h8-9,11,14,16,19H,3-7,10,12-13H2,1-2H3. The second-order valence-electron chi connectivity index (χ2n) is 6.34. The number of carbonyl (C=O) groups excluding carboxylic acids is 1. The molecule has 0 saturated carbocycles. The van der Waals surface area contributed by atoms with Gasteiger partial charge in [-0.2, -0.15) is 0 Å². The van der Waals surface area contributed by atoms with Gasteiger partial charge in [-0.15, -0.1) is 0 Å². The van der Waals surface area contributed by atoms with E-state index >= 15 is 0 Å². The molecule has 1 N–H and O–H groups in total. The Hall–Kier alpha value is -1.40. The van der Waals surface area contributed by atoms with Gasteiger partial charge in [-0.25, -0.2) is 13.1 Å². The van der Waals surface area contributed by atoms with E-state index in [9.17, 15) is 13.2 Å². The van der Waals surface area contributed by atoms with Crippen molar-refractivity contribution in [1.82, 2.24) is 9.62 Å². The molecule has 1 unspecified atom stereocenters. The molecule has 0 radical (unpaired) electrons. The molecule has 1 saturated heterocycles. The van der Waals surface area contributed by atoms with Crippen molar-refractivity contribution in [1.29, 1.82) is 0 Å². The number of benzene rings is 1. The Morgan fingerprint density at radius 2 is 2.08 bits per heavy atom. The number of unbranched alkanes of at least 4 members (excludes halogenated alkanes) is 1. The van der Waals surface area contributed by atoms with Crippen molar-refractivity contribution in [3.8, 4) is 0 Å². The molecular weight excluding hydrogens is 324 g/mol. The molecule has 0 aliphatic carbocycles. The van der Waals surface area contributed by atoms with Crippen molar-refractivity contribution in [2.45, 2.75) is 63.3 Å². The van der Waals surface area contributed by atoms with E-state index in [4.69, 9.17) is 0 Å². The van der Waals surface area contributed by atoms with Gasteiger partial charge in [-0.1, -0.05) is 26.3 Å². The highest BCUT2D eigenvalue weighted by atomic mass is 32.2. The second-order valence-corrected chi connectivity index (χ2v) is 8.10. The summed E-state index contributed by atoms with van der Waals surface area (Å²) in [6.07, 6.45) is 5.84. The van der Waals surface area contributed by atoms with Crippen molar-refractivity contribution in [3.63, 3.8) is 0 Å². The predicted molar refractivity (Wildman–Crippen MR) is 95.5 cm³/mol. The average molecular weight is 353 g/mol. The lowest BCUT2D eigenvalue weighted by Gasteiger charge is -2.35. The fraction of sp³-hybridized carbons (Fsp3) is 0.611. The molecule has 134 valence electrons. The molecule has 0 bridgehead atoms. The molecule has 5 nitrogen and oxygen atoms in total. The van der Waals surface area contributed by atoms with Gasteiger partial charge in [0.15, 0.2) is 0 Å². The van der Waals surface area contributed by atoms with Gasteiger partial charge in [0.25, 0.3) is 5.91 Å². The van der Waals surface area contributed by atoms with E-state index in [0.717, 1.165) is 45.1 Å². The van der Waals surface area contributed by atoms with Crippen LogP contribution in [-0.2, 0) is 10.0 Å². The van der Waals surface area contributed by atoms with E-state index in [1.807, 2.05) is 11.8 Å². The Morgan fingerprint density at radius 1 is 1.29 bits per heavy atom. The highest BCUT2D eigenvalue weighted by molar-refractivity contribution is 7.89. The molecule has 1 amide bonds. The summed E-state index contributed by atoms with van der Waals surface area (Å²) in [5, 5.41) is 0. The maximum atomic E-state index is 12.8. The van der Waals surface area contributed by atoms with Crippen LogP contribution in [0.2, 0.25) is 0 Å². The van der Waals surface area contributed by atoms with Crippen molar-refractivity contribution in [3.05, 3.63) is 29.8 Å². The first-order chi connectivity index (χ1) is 11.5. The smallest absolute Gasteiger partial charge is 0.254 e. The maximum absolute atomic E-state index is 12.8. The van der Waals surface area contributed by atoms with Crippen LogP contribution >= 0.6 is 0 Å². The zero-order chi connectivity index (χ0) is 17.6. The summed E-state index contributed by atoms with van der Waals surface area (Å²) in [6.45, 7) is 5.27. The Labute approximate surface area is 145 Å². The molecule has 2 rings (SSSR count). The molecule has 1 aliphatic heterocycles. The molecule has 1 aromatic carbocycles. The number of carbonyl (C=O) groups is 1. The van der Waals surface area contributed by atoms with Crippen LogP contribution in [0.3, 0.4) is 0 Å². The first-order valence-electron chi connectivity index (χ1n) is 8.90. The number of sulfonamides is 1. The molecule has 24 heavy (non-hydrogen) atoms. The minimum absolute atomic E-state index is 0.0628. The molecule has 1 aliphatic rings. The molecule has 1 aromatic rings. The zero-order valence-corrected chi connectivity index (χ0v) is 15.4. The summed E-state index contributed by atoms with van der Waals surface area (Å²) in [4.78, 5) is 14.9. The first kappa shape index (κ1) is 18.9. The Bertz CT molecular complexity index is 658. The first-order valence-corrected chi connectivity index (χ1v) is 10.4. The number of amides is 1. The van der Waals surface area contributed by atoms with Crippen LogP contribution in [0.15, 0.2) is 29.2 Å². The van der Waals surface area contributed by atoms with Crippen LogP contribution in [0.4, 0.5) is 0 Å². The largest absolute Gasteiger partial charge is 0.336 e. The van der Waals surface area contributed by atoms with Crippen LogP contribution in [0.1, 0.15) is 62.7 Å². The highest BCUT2D eigenvalue weighted by Gasteiger charge is 2.27. The van der Waals surface area contributed by atoms with Gasteiger partial charge in [0.1, 0.15) is 0 Å². The van der Waals surface area contributed by atoms with Gasteiger partial charge in [0.2, 0.25) is 10.0 Å². The van der Waals surface area contributed by atoms with Crippen molar-refractivity contribution < 1.29 is 13.2 Å². The van der Waals surface area contributed by atoms with Gasteiger partial charge in [-0.3, -0.25) is 4.79 Å². The van der Waals surface area contributed by atoms with Crippen molar-refractivity contribution in [2.75, 3.05) is 13.1 Å². The van der Waals surface area contributed by atoms with Crippen LogP contribution in [0, 0.1) is 0 Å². The number of nitrogens with zero attached hydrogens (tertiary/aromatic N) is 1. The third-order valence-corrected chi connectivity index (χ3v) is 6.03. The average Bonchev–Trinajstić information content (AvgIpc) is 2.61. The molecule has 1 fully saturated rings. The lowest BCUT2D eigenvalue weighted by atomic mass is 9.99. The Morgan fingerprint density at radius 3 is 2.79 bits per heavy atom. The quantitative estimate of drug-likeness (QED) is 0.767. The summed E-state index contributed by atoms with van der Waals surface area (Å²) in [5.41, 5.74) is 0.453. The molecule has 0 aromatic heterocycles. The van der Waals surface area contributed by atoms with Gasteiger partial charge in [-0.05, 0) is 50.3 Å². The Kier molecular flexibility index (Phi) is 6.80. The number of likely N-dealkylation sites (tertiary alicyclic amines) is 1. The minimum atomic E-state index is -3.56. The molecule has 6 heteroatoms. The fourth-order valence-electron chi connectivity index (χ4n) is 3.12. The van der Waals surface area contributed by atoms with Gasteiger partial charge >= 0.3 is 0 Å². The number of piperidine rings is 1. The lowest BCUT2D eigenvalue weighted by Crippen LogP contribution is -2.43. The predicted octanol–water partition coefficient (Wildman–Crippen LogP) is 3.17. The lowest BCUT2D eigenvalue weighted by molar-refractivity contribution is 0.0608. The molecular formula is C18H28N2O3S. The van der Waals surface area contributed by atoms with Crippen LogP contribution < -0.4 is 4.72 Å². The van der Waals surface area contributed by atoms with E-state index in [1.54, 1.807) is 18.2 Å². The number of nitrogens with one attached hydrogen (secondary N) is 1. The monoisotopic (exact) mass is 352 g/mol. The maximum Gasteiger partial charge on any atom is 0.254 e. The van der Waals surface area contributed by atoms with E-state index < -0.39 is 10.0 Å². The normalized spacial score (nSPS) is 18.6. The Balaban J connectivity index is 2.18. The number of hydrogen-bond donors (Lipinski definition) is 1. The van der Waals surface area contributed by atoms with E-state index in [-0.39, 0.29) is 16.8 Å². The van der Waals surface area contributed by atoms with Crippen molar-refractivity contribution >= 4 is 15.9 Å². The summed E-state index contributed by atoms with van der Waals surface area (Å²) in [5.74, 6) is -0.0628. The molecule has 1 heterocycles. The third kappa shape index (κ3) is 4.57. The highest BCUT2D eigenvalue weighted by Crippen LogP contribution is 2.22. The van der Waals surface area contributed by atoms with Gasteiger partial charge < -0.3 is 4.90 Å². The van der Waals surface area contributed by atoms with Crippen molar-refractivity contribution in [2.24, 2.45) is 0 Å². The summed E-state index contributed by atoms with van der Waals surface area (Å²) < 4.78 is 27.3. The summed E-state index contributed by atoms with van der Waals surface area (Å²) in [6, 6.07) is 6.65. The zero-order valence-electron chi connectivity index (χ0n) is 14.6. The number of hydrogen-bond acceptors (Lipinski definition) is 3. The van der Waals surface area contributed by atoms with Gasteiger partial charge in [0, 0.05) is 24.7 Å². The SMILES string of the molecule is CCCCNS(=O)(=O)c1cccc(C(=O)N2CCCCC2CC)c1. The number of rotatable bonds is 7. The van der Waals surface area contributed by atoms with E-state index in [2.05, 4.69) is 11.6 Å². The molecule has 0 spiro atoms. The van der Waals surface area contributed by atoms with Gasteiger partial charge in [0.05, 0.1) is 4.90 Å². The second kappa shape index (κ2) is 8.62. The van der Waals surface area contributed by atoms with Crippen LogP contribution in [0.25, 0.3) is 0 Å². The summed E-state index contributed by atoms with van der Waals surface area (Å²) in [7, 11) is -3.56. The van der Waals surface area contributed by atoms with E-state index in [1.165, 1.54) is 6.07 Å². The molecule has 1 atom stereocenters. The van der Waals surface area contributed by atoms with E-state index in [0.29, 0.717) is 12.1 Å². The topological polar surface area (TPSA) is 66.5 Å². The van der Waals surface area contributed by atoms with Crippen LogP contribution in [-0.4, -0.2) is 38.4 Å². The third-order valence-electron chi connectivity index (χ3n) is 4.57. The fourth-order valence-corrected chi connectivity index (χ4v) is 4.24. The summed E-state index contributed by atoms with van der Waals surface area (Å²) >= 11 is 0.